The fourth-order valence-corrected chi connectivity index (χ4v) is 5.03. The first-order valence-corrected chi connectivity index (χ1v) is 13.7. The van der Waals surface area contributed by atoms with Crippen LogP contribution in [0.25, 0.3) is 0 Å². The molecule has 1 fully saturated rings. The van der Waals surface area contributed by atoms with Crippen molar-refractivity contribution >= 4 is 40.9 Å². The van der Waals surface area contributed by atoms with Crippen molar-refractivity contribution in [1.29, 1.82) is 0 Å². The number of rotatable bonds is 9. The quantitative estimate of drug-likeness (QED) is 0.268. The van der Waals surface area contributed by atoms with Gasteiger partial charge in [-0.25, -0.2) is 0 Å². The van der Waals surface area contributed by atoms with Gasteiger partial charge in [-0.3, -0.25) is 24.1 Å². The van der Waals surface area contributed by atoms with E-state index in [9.17, 15) is 19.2 Å². The highest BCUT2D eigenvalue weighted by molar-refractivity contribution is 6.32. The van der Waals surface area contributed by atoms with Crippen LogP contribution in [0, 0.1) is 5.92 Å². The Morgan fingerprint density at radius 1 is 1.10 bits per heavy atom. The van der Waals surface area contributed by atoms with Crippen molar-refractivity contribution in [2.45, 2.75) is 26.3 Å². The number of hydrogen-bond donors (Lipinski definition) is 0. The van der Waals surface area contributed by atoms with Crippen molar-refractivity contribution in [2.75, 3.05) is 37.8 Å². The van der Waals surface area contributed by atoms with Gasteiger partial charge in [0, 0.05) is 18.7 Å². The summed E-state index contributed by atoms with van der Waals surface area (Å²) >= 11 is 6.11. The fraction of sp³-hybridized carbons (Fsp3) is 0.333. The third kappa shape index (κ3) is 6.38. The van der Waals surface area contributed by atoms with Crippen LogP contribution in [0.5, 0.6) is 11.5 Å². The van der Waals surface area contributed by atoms with Gasteiger partial charge in [0.05, 0.1) is 29.8 Å². The Bertz CT molecular complexity index is 1470. The number of carbonyl (C=O) groups is 4. The van der Waals surface area contributed by atoms with E-state index >= 15 is 0 Å². The lowest BCUT2D eigenvalue weighted by Gasteiger charge is -2.31. The van der Waals surface area contributed by atoms with Crippen molar-refractivity contribution < 1.29 is 37.8 Å². The van der Waals surface area contributed by atoms with Gasteiger partial charge in [0.25, 0.3) is 11.8 Å². The Labute approximate surface area is 241 Å². The average molecular weight is 581 g/mol. The summed E-state index contributed by atoms with van der Waals surface area (Å²) in [6.45, 7) is 2.43. The van der Waals surface area contributed by atoms with E-state index < -0.39 is 0 Å². The molecule has 1 aromatic heterocycles. The van der Waals surface area contributed by atoms with E-state index in [0.717, 1.165) is 0 Å². The van der Waals surface area contributed by atoms with Gasteiger partial charge in [-0.05, 0) is 62.2 Å². The fourth-order valence-electron chi connectivity index (χ4n) is 4.84. The molecule has 214 valence electrons. The lowest BCUT2D eigenvalue weighted by atomic mass is 9.98. The summed E-state index contributed by atoms with van der Waals surface area (Å²) < 4.78 is 22.1. The van der Waals surface area contributed by atoms with Gasteiger partial charge in [0.15, 0.2) is 24.8 Å². The van der Waals surface area contributed by atoms with Crippen LogP contribution in [0.4, 0.5) is 5.69 Å². The number of para-hydroxylation sites is 1. The zero-order valence-corrected chi connectivity index (χ0v) is 23.2. The molecule has 3 aromatic rings. The number of anilines is 1. The highest BCUT2D eigenvalue weighted by atomic mass is 35.5. The first kappa shape index (κ1) is 28.2. The van der Waals surface area contributed by atoms with Gasteiger partial charge in [-0.15, -0.1) is 0 Å². The average Bonchev–Trinajstić information content (AvgIpc) is 3.46. The molecule has 0 unspecified atom stereocenters. The minimum Gasteiger partial charge on any atom is -0.484 e. The number of likely N-dealkylation sites (tertiary alicyclic amines) is 1. The Morgan fingerprint density at radius 3 is 2.73 bits per heavy atom. The van der Waals surface area contributed by atoms with Gasteiger partial charge in [-0.2, -0.15) is 0 Å². The summed E-state index contributed by atoms with van der Waals surface area (Å²) in [7, 11) is 0. The second-order valence-electron chi connectivity index (χ2n) is 9.70. The molecule has 11 heteroatoms. The third-order valence-corrected chi connectivity index (χ3v) is 7.25. The van der Waals surface area contributed by atoms with Gasteiger partial charge < -0.3 is 23.5 Å². The summed E-state index contributed by atoms with van der Waals surface area (Å²) in [5, 5.41) is 0.395. The highest BCUT2D eigenvalue weighted by Crippen LogP contribution is 2.35. The number of halogens is 1. The van der Waals surface area contributed by atoms with E-state index in [0.29, 0.717) is 59.5 Å². The van der Waals surface area contributed by atoms with E-state index in [4.69, 9.17) is 30.2 Å². The number of piperidine rings is 1. The maximum absolute atomic E-state index is 13.1. The molecule has 0 spiro atoms. The summed E-state index contributed by atoms with van der Waals surface area (Å²) in [6, 6.07) is 14.9. The van der Waals surface area contributed by atoms with E-state index in [-0.39, 0.29) is 61.5 Å². The molecule has 2 aromatic carbocycles. The summed E-state index contributed by atoms with van der Waals surface area (Å²) in [6.07, 6.45) is 1.35. The monoisotopic (exact) mass is 580 g/mol. The summed E-state index contributed by atoms with van der Waals surface area (Å²) in [4.78, 5) is 54.1. The molecule has 2 aliphatic heterocycles. The molecule has 10 nitrogen and oxygen atoms in total. The predicted octanol–water partition coefficient (Wildman–Crippen LogP) is 4.54. The molecule has 0 radical (unpaired) electrons. The van der Waals surface area contributed by atoms with Crippen LogP contribution in [0.3, 0.4) is 0 Å². The summed E-state index contributed by atoms with van der Waals surface area (Å²) in [5.41, 5.74) is 0.734. The second-order valence-corrected chi connectivity index (χ2v) is 10.1. The number of carbonyl (C=O) groups excluding carboxylic acids is 4. The number of amides is 2. The maximum Gasteiger partial charge on any atom is 0.310 e. The van der Waals surface area contributed by atoms with E-state index in [1.165, 1.54) is 4.90 Å². The Balaban J connectivity index is 1.28. The minimum absolute atomic E-state index is 0.0295. The number of fused-ring (bicyclic) bond motifs is 1. The van der Waals surface area contributed by atoms with Crippen LogP contribution in [0.1, 0.15) is 46.4 Å². The van der Waals surface area contributed by atoms with Crippen LogP contribution >= 0.6 is 11.6 Å². The lowest BCUT2D eigenvalue weighted by Crippen LogP contribution is -2.42. The molecule has 0 saturated carbocycles. The normalized spacial score (nSPS) is 16.5. The SMILES string of the molecule is CCOC(=O)[C@H]1CCCN(C(=O)c2ccc(CN3C(=O)COc4ccc(C(=O)COc5ccccc5Cl)cc43)o2)C1. The molecular weight excluding hydrogens is 552 g/mol. The first-order valence-electron chi connectivity index (χ1n) is 13.4. The second kappa shape index (κ2) is 12.5. The van der Waals surface area contributed by atoms with Crippen molar-refractivity contribution in [3.63, 3.8) is 0 Å². The zero-order valence-electron chi connectivity index (χ0n) is 22.5. The number of benzene rings is 2. The largest absolute Gasteiger partial charge is 0.484 e. The van der Waals surface area contributed by atoms with Gasteiger partial charge >= 0.3 is 5.97 Å². The van der Waals surface area contributed by atoms with Crippen molar-refractivity contribution in [3.8, 4) is 11.5 Å². The van der Waals surface area contributed by atoms with Crippen molar-refractivity contribution in [3.05, 3.63) is 76.7 Å². The molecule has 1 atom stereocenters. The van der Waals surface area contributed by atoms with Crippen molar-refractivity contribution in [2.24, 2.45) is 5.92 Å². The van der Waals surface area contributed by atoms with Crippen LogP contribution < -0.4 is 14.4 Å². The van der Waals surface area contributed by atoms with E-state index in [1.807, 2.05) is 0 Å². The first-order chi connectivity index (χ1) is 19.8. The Kier molecular flexibility index (Phi) is 8.58. The molecule has 1 saturated heterocycles. The van der Waals surface area contributed by atoms with Gasteiger partial charge in [0.2, 0.25) is 0 Å². The Morgan fingerprint density at radius 2 is 1.93 bits per heavy atom. The van der Waals surface area contributed by atoms with Crippen LogP contribution in [0.2, 0.25) is 5.02 Å². The highest BCUT2D eigenvalue weighted by Gasteiger charge is 2.32. The molecule has 0 bridgehead atoms. The van der Waals surface area contributed by atoms with Crippen LogP contribution in [-0.2, 0) is 20.9 Å². The molecule has 0 N–H and O–H groups in total. The zero-order chi connectivity index (χ0) is 28.9. The predicted molar refractivity (Wildman–Crippen MR) is 148 cm³/mol. The van der Waals surface area contributed by atoms with Gasteiger partial charge in [-0.1, -0.05) is 23.7 Å². The molecule has 5 rings (SSSR count). The van der Waals surface area contributed by atoms with E-state index in [1.54, 1.807) is 66.4 Å². The van der Waals surface area contributed by atoms with Crippen LogP contribution in [0.15, 0.2) is 59.0 Å². The number of esters is 1. The molecular formula is C30H29ClN2O8. The number of nitrogens with zero attached hydrogens (tertiary/aromatic N) is 2. The maximum atomic E-state index is 13.1. The number of Topliss-reactive ketones (excluding diaryl/α,β-unsaturated/α-hetero) is 1. The molecule has 3 heterocycles. The minimum atomic E-state index is -0.364. The summed E-state index contributed by atoms with van der Waals surface area (Å²) in [5.74, 6) is -0.298. The number of ether oxygens (including phenoxy) is 3. The Hall–Kier alpha value is -4.31. The smallest absolute Gasteiger partial charge is 0.310 e. The molecule has 0 aliphatic carbocycles. The number of furan rings is 1. The topological polar surface area (TPSA) is 116 Å². The van der Waals surface area contributed by atoms with Gasteiger partial charge in [0.1, 0.15) is 17.3 Å². The number of ketones is 1. The third-order valence-electron chi connectivity index (χ3n) is 6.93. The molecule has 2 aliphatic rings. The van der Waals surface area contributed by atoms with E-state index in [2.05, 4.69) is 0 Å². The molecule has 2 amide bonds. The standard InChI is InChI=1S/C30H29ClN2O8/c1-2-38-30(37)20-6-5-13-32(15-20)29(36)27-12-10-21(41-27)16-33-23-14-19(9-11-26(23)40-18-28(33)35)24(34)17-39-25-8-4-3-7-22(25)31/h3-4,7-12,14,20H,2,5-6,13,15-18H2,1H3/t20-/m0/s1. The lowest BCUT2D eigenvalue weighted by molar-refractivity contribution is -0.149. The van der Waals surface area contributed by atoms with Crippen LogP contribution in [-0.4, -0.2) is 61.4 Å². The van der Waals surface area contributed by atoms with Crippen molar-refractivity contribution in [1.82, 2.24) is 4.90 Å². The number of hydrogen-bond acceptors (Lipinski definition) is 8. The molecule has 41 heavy (non-hydrogen) atoms.